The maximum Gasteiger partial charge on any atom is 0.147 e. The molecule has 5 heteroatoms. The molecule has 4 nitrogen and oxygen atoms in total. The molecule has 0 radical (unpaired) electrons. The van der Waals surface area contributed by atoms with Gasteiger partial charge in [-0.1, -0.05) is 27.7 Å². The second kappa shape index (κ2) is 7.76. The van der Waals surface area contributed by atoms with Crippen LogP contribution in [0.15, 0.2) is 0 Å². The lowest BCUT2D eigenvalue weighted by atomic mass is 9.95. The normalized spacial score (nSPS) is 25.6. The lowest BCUT2D eigenvalue weighted by molar-refractivity contribution is 0.0996. The van der Waals surface area contributed by atoms with Gasteiger partial charge >= 0.3 is 0 Å². The van der Waals surface area contributed by atoms with Gasteiger partial charge in [0.2, 0.25) is 0 Å². The summed E-state index contributed by atoms with van der Waals surface area (Å²) in [5.41, 5.74) is 0. The van der Waals surface area contributed by atoms with E-state index < -0.39 is 9.84 Å². The Morgan fingerprint density at radius 3 is 2.40 bits per heavy atom. The Balaban J connectivity index is 2.57. The highest BCUT2D eigenvalue weighted by Crippen LogP contribution is 2.18. The van der Waals surface area contributed by atoms with Crippen LogP contribution in [0.2, 0.25) is 0 Å². The van der Waals surface area contributed by atoms with Crippen LogP contribution in [0.4, 0.5) is 0 Å². The smallest absolute Gasteiger partial charge is 0.147 e. The van der Waals surface area contributed by atoms with Crippen molar-refractivity contribution in [2.75, 3.05) is 31.6 Å². The third kappa shape index (κ3) is 6.55. The minimum absolute atomic E-state index is 0.303. The van der Waals surface area contributed by atoms with Crippen LogP contribution in [-0.2, 0) is 9.84 Å². The van der Waals surface area contributed by atoms with Gasteiger partial charge in [0, 0.05) is 31.4 Å². The van der Waals surface area contributed by atoms with E-state index in [1.807, 2.05) is 0 Å². The molecule has 1 heterocycles. The van der Waals surface area contributed by atoms with Crippen molar-refractivity contribution in [1.82, 2.24) is 10.2 Å². The molecule has 1 rings (SSSR count). The minimum Gasteiger partial charge on any atom is -0.311 e. The number of nitrogens with zero attached hydrogens (tertiary/aromatic N) is 1. The number of sulfone groups is 1. The van der Waals surface area contributed by atoms with Gasteiger partial charge in [0.15, 0.2) is 0 Å². The number of hydrogen-bond donors (Lipinski definition) is 1. The average Bonchev–Trinajstić information content (AvgIpc) is 2.28. The Hall–Kier alpha value is -0.130. The van der Waals surface area contributed by atoms with Crippen LogP contribution in [0.3, 0.4) is 0 Å². The predicted octanol–water partition coefficient (Wildman–Crippen LogP) is 1.77. The summed E-state index contributed by atoms with van der Waals surface area (Å²) >= 11 is 0. The zero-order chi connectivity index (χ0) is 15.3. The SMILES string of the molecule is CC(C)CC1CNC(C(C)C)CN1CCCS(C)(=O)=O. The monoisotopic (exact) mass is 304 g/mol. The third-order valence-electron chi connectivity index (χ3n) is 4.07. The Labute approximate surface area is 125 Å². The molecule has 0 saturated carbocycles. The molecule has 120 valence electrons. The fraction of sp³-hybridized carbons (Fsp3) is 1.00. The van der Waals surface area contributed by atoms with Crippen LogP contribution < -0.4 is 5.32 Å². The Bertz CT molecular complexity index is 379. The van der Waals surface area contributed by atoms with Crippen LogP contribution >= 0.6 is 0 Å². The first-order valence-corrected chi connectivity index (χ1v) is 9.90. The van der Waals surface area contributed by atoms with E-state index in [9.17, 15) is 8.42 Å². The number of piperazine rings is 1. The molecular weight excluding hydrogens is 272 g/mol. The lowest BCUT2D eigenvalue weighted by Crippen LogP contribution is -2.58. The summed E-state index contributed by atoms with van der Waals surface area (Å²) in [5.74, 6) is 1.60. The van der Waals surface area contributed by atoms with Crippen LogP contribution in [0.5, 0.6) is 0 Å². The molecule has 0 aromatic heterocycles. The summed E-state index contributed by atoms with van der Waals surface area (Å²) in [4.78, 5) is 2.51. The number of hydrogen-bond acceptors (Lipinski definition) is 4. The molecule has 1 aliphatic heterocycles. The molecule has 0 aliphatic carbocycles. The van der Waals surface area contributed by atoms with Crippen LogP contribution in [0, 0.1) is 11.8 Å². The lowest BCUT2D eigenvalue weighted by Gasteiger charge is -2.42. The fourth-order valence-corrected chi connectivity index (χ4v) is 3.56. The molecule has 0 spiro atoms. The topological polar surface area (TPSA) is 49.4 Å². The van der Waals surface area contributed by atoms with E-state index in [1.165, 1.54) is 12.7 Å². The summed E-state index contributed by atoms with van der Waals surface area (Å²) in [6.45, 7) is 12.0. The number of rotatable bonds is 7. The first-order chi connectivity index (χ1) is 9.19. The minimum atomic E-state index is -2.84. The van der Waals surface area contributed by atoms with Gasteiger partial charge in [-0.3, -0.25) is 4.90 Å². The zero-order valence-corrected chi connectivity index (χ0v) is 14.5. The van der Waals surface area contributed by atoms with Gasteiger partial charge in [-0.2, -0.15) is 0 Å². The quantitative estimate of drug-likeness (QED) is 0.779. The average molecular weight is 304 g/mol. The maximum atomic E-state index is 11.3. The van der Waals surface area contributed by atoms with E-state index in [4.69, 9.17) is 0 Å². The molecule has 2 atom stereocenters. The van der Waals surface area contributed by atoms with E-state index in [-0.39, 0.29) is 0 Å². The van der Waals surface area contributed by atoms with Crippen LogP contribution in [-0.4, -0.2) is 57.0 Å². The first-order valence-electron chi connectivity index (χ1n) is 7.84. The van der Waals surface area contributed by atoms with Gasteiger partial charge in [0.05, 0.1) is 5.75 Å². The summed E-state index contributed by atoms with van der Waals surface area (Å²) < 4.78 is 22.5. The molecular formula is C15H32N2O2S. The van der Waals surface area contributed by atoms with Crippen molar-refractivity contribution in [2.24, 2.45) is 11.8 Å². The molecule has 1 aliphatic rings. The molecule has 1 N–H and O–H groups in total. The van der Waals surface area contributed by atoms with E-state index in [0.29, 0.717) is 29.7 Å². The van der Waals surface area contributed by atoms with Crippen LogP contribution in [0.1, 0.15) is 40.5 Å². The molecule has 0 amide bonds. The maximum absolute atomic E-state index is 11.3. The largest absolute Gasteiger partial charge is 0.311 e. The third-order valence-corrected chi connectivity index (χ3v) is 5.10. The van der Waals surface area contributed by atoms with Crippen molar-refractivity contribution < 1.29 is 8.42 Å². The molecule has 1 saturated heterocycles. The highest BCUT2D eigenvalue weighted by atomic mass is 32.2. The van der Waals surface area contributed by atoms with Crippen LogP contribution in [0.25, 0.3) is 0 Å². The van der Waals surface area contributed by atoms with Gasteiger partial charge in [0.1, 0.15) is 9.84 Å². The molecule has 0 aromatic rings. The van der Waals surface area contributed by atoms with E-state index >= 15 is 0 Å². The van der Waals surface area contributed by atoms with Crippen molar-refractivity contribution in [3.8, 4) is 0 Å². The molecule has 1 fully saturated rings. The molecule has 0 aromatic carbocycles. The standard InChI is InChI=1S/C15H32N2O2S/c1-12(2)9-14-10-16-15(13(3)4)11-17(14)7-6-8-20(5,18)19/h12-16H,6-11H2,1-5H3. The van der Waals surface area contributed by atoms with Gasteiger partial charge in [-0.25, -0.2) is 8.42 Å². The van der Waals surface area contributed by atoms with E-state index in [1.54, 1.807) is 0 Å². The second-order valence-corrected chi connectivity index (χ2v) is 9.28. The Morgan fingerprint density at radius 1 is 1.25 bits per heavy atom. The molecule has 0 bridgehead atoms. The Morgan fingerprint density at radius 2 is 1.90 bits per heavy atom. The van der Waals surface area contributed by atoms with Crippen molar-refractivity contribution in [1.29, 1.82) is 0 Å². The Kier molecular flexibility index (Phi) is 6.95. The number of nitrogens with one attached hydrogen (secondary N) is 1. The van der Waals surface area contributed by atoms with Crippen molar-refractivity contribution in [3.63, 3.8) is 0 Å². The highest BCUT2D eigenvalue weighted by Gasteiger charge is 2.29. The fourth-order valence-electron chi connectivity index (χ4n) is 2.91. The highest BCUT2D eigenvalue weighted by molar-refractivity contribution is 7.90. The molecule has 20 heavy (non-hydrogen) atoms. The van der Waals surface area contributed by atoms with E-state index in [2.05, 4.69) is 37.9 Å². The summed E-state index contributed by atoms with van der Waals surface area (Å²) in [5, 5.41) is 3.65. The van der Waals surface area contributed by atoms with Gasteiger partial charge in [0.25, 0.3) is 0 Å². The predicted molar refractivity (Wildman–Crippen MR) is 85.8 cm³/mol. The molecule has 2 unspecified atom stereocenters. The summed E-state index contributed by atoms with van der Waals surface area (Å²) in [7, 11) is -2.84. The van der Waals surface area contributed by atoms with Gasteiger partial charge < -0.3 is 5.32 Å². The second-order valence-electron chi connectivity index (χ2n) is 7.02. The first kappa shape index (κ1) is 17.9. The summed E-state index contributed by atoms with van der Waals surface area (Å²) in [6, 6.07) is 1.07. The van der Waals surface area contributed by atoms with Crippen molar-refractivity contribution in [2.45, 2.75) is 52.6 Å². The van der Waals surface area contributed by atoms with Crippen molar-refractivity contribution in [3.05, 3.63) is 0 Å². The summed E-state index contributed by atoms with van der Waals surface area (Å²) in [6.07, 6.45) is 3.25. The van der Waals surface area contributed by atoms with Gasteiger partial charge in [-0.15, -0.1) is 0 Å². The zero-order valence-electron chi connectivity index (χ0n) is 13.7. The van der Waals surface area contributed by atoms with Gasteiger partial charge in [-0.05, 0) is 31.2 Å². The van der Waals surface area contributed by atoms with E-state index in [0.717, 1.165) is 26.1 Å². The van der Waals surface area contributed by atoms with Crippen molar-refractivity contribution >= 4 is 9.84 Å².